The van der Waals surface area contributed by atoms with Crippen LogP contribution in [0.5, 0.6) is 5.75 Å². The molecule has 23 heavy (non-hydrogen) atoms. The van der Waals surface area contributed by atoms with Crippen LogP contribution in [0.15, 0.2) is 23.6 Å². The lowest BCUT2D eigenvalue weighted by Gasteiger charge is -2.10. The van der Waals surface area contributed by atoms with E-state index in [1.54, 1.807) is 23.6 Å². The van der Waals surface area contributed by atoms with E-state index >= 15 is 0 Å². The van der Waals surface area contributed by atoms with Crippen LogP contribution in [0.25, 0.3) is 0 Å². The number of aryl methyl sites for hydroxylation is 1. The van der Waals surface area contributed by atoms with Gasteiger partial charge in [0.05, 0.1) is 12.1 Å². The lowest BCUT2D eigenvalue weighted by molar-refractivity contribution is -0.129. The Balaban J connectivity index is 1.73. The average Bonchev–Trinajstić information content (AvgIpc) is 2.89. The van der Waals surface area contributed by atoms with E-state index in [4.69, 9.17) is 22.1 Å². The van der Waals surface area contributed by atoms with Crippen LogP contribution in [0.1, 0.15) is 11.3 Å². The number of carbonyl (C=O) groups is 2. The maximum Gasteiger partial charge on any atom is 0.276 e. The molecular weight excluding hydrogens is 340 g/mol. The van der Waals surface area contributed by atoms with Crippen LogP contribution in [0.4, 0.5) is 5.13 Å². The third kappa shape index (κ3) is 5.42. The van der Waals surface area contributed by atoms with E-state index in [9.17, 15) is 9.59 Å². The summed E-state index contributed by atoms with van der Waals surface area (Å²) < 4.78 is 5.36. The molecule has 0 bridgehead atoms. The van der Waals surface area contributed by atoms with Gasteiger partial charge >= 0.3 is 0 Å². The second kappa shape index (κ2) is 7.80. The number of rotatable bonds is 5. The zero-order chi connectivity index (χ0) is 16.8. The molecule has 122 valence electrons. The molecular formula is C14H15ClN4O3S. The van der Waals surface area contributed by atoms with Gasteiger partial charge in [-0.25, -0.2) is 4.98 Å². The van der Waals surface area contributed by atoms with E-state index in [0.29, 0.717) is 21.6 Å². The zero-order valence-electron chi connectivity index (χ0n) is 12.3. The van der Waals surface area contributed by atoms with E-state index in [-0.39, 0.29) is 13.0 Å². The predicted octanol–water partition coefficient (Wildman–Crippen LogP) is 1.46. The van der Waals surface area contributed by atoms with Crippen molar-refractivity contribution in [3.63, 3.8) is 0 Å². The second-order valence-electron chi connectivity index (χ2n) is 4.65. The first-order valence-electron chi connectivity index (χ1n) is 6.60. The van der Waals surface area contributed by atoms with Gasteiger partial charge in [-0.3, -0.25) is 20.4 Å². The third-order valence-corrected chi connectivity index (χ3v) is 3.71. The Morgan fingerprint density at radius 2 is 2.09 bits per heavy atom. The number of nitrogens with zero attached hydrogens (tertiary/aromatic N) is 1. The lowest BCUT2D eigenvalue weighted by Crippen LogP contribution is -2.44. The van der Waals surface area contributed by atoms with Crippen molar-refractivity contribution >= 4 is 39.9 Å². The van der Waals surface area contributed by atoms with E-state index in [1.807, 2.05) is 6.92 Å². The summed E-state index contributed by atoms with van der Waals surface area (Å²) in [5, 5.41) is 2.67. The van der Waals surface area contributed by atoms with Gasteiger partial charge in [-0.15, -0.1) is 11.3 Å². The van der Waals surface area contributed by atoms with Gasteiger partial charge in [0.25, 0.3) is 5.91 Å². The number of benzene rings is 1. The molecule has 0 unspecified atom stereocenters. The van der Waals surface area contributed by atoms with Crippen molar-refractivity contribution in [1.82, 2.24) is 15.8 Å². The molecule has 1 heterocycles. The molecule has 7 nitrogen and oxygen atoms in total. The number of nitrogen functional groups attached to an aromatic ring is 1. The van der Waals surface area contributed by atoms with E-state index in [0.717, 1.165) is 5.56 Å². The summed E-state index contributed by atoms with van der Waals surface area (Å²) in [7, 11) is 0. The normalized spacial score (nSPS) is 10.2. The van der Waals surface area contributed by atoms with Crippen LogP contribution >= 0.6 is 22.9 Å². The van der Waals surface area contributed by atoms with Crippen molar-refractivity contribution in [3.05, 3.63) is 39.9 Å². The molecule has 9 heteroatoms. The maximum atomic E-state index is 11.6. The van der Waals surface area contributed by atoms with Gasteiger partial charge in [-0.1, -0.05) is 11.6 Å². The van der Waals surface area contributed by atoms with Gasteiger partial charge in [0.15, 0.2) is 11.7 Å². The fourth-order valence-corrected chi connectivity index (χ4v) is 2.50. The Kier molecular flexibility index (Phi) is 5.78. The lowest BCUT2D eigenvalue weighted by atomic mass is 10.2. The first-order chi connectivity index (χ1) is 10.9. The summed E-state index contributed by atoms with van der Waals surface area (Å²) in [5.74, 6) is -0.328. The molecule has 4 N–H and O–H groups in total. The van der Waals surface area contributed by atoms with E-state index < -0.39 is 11.8 Å². The Morgan fingerprint density at radius 3 is 2.74 bits per heavy atom. The summed E-state index contributed by atoms with van der Waals surface area (Å²) in [5.41, 5.74) is 11.4. The molecule has 0 saturated heterocycles. The quantitative estimate of drug-likeness (QED) is 0.705. The molecule has 0 spiro atoms. The van der Waals surface area contributed by atoms with E-state index in [2.05, 4.69) is 15.8 Å². The predicted molar refractivity (Wildman–Crippen MR) is 88.2 cm³/mol. The minimum Gasteiger partial charge on any atom is -0.483 e. The molecule has 0 atom stereocenters. The number of thiazole rings is 1. The molecule has 0 fully saturated rings. The van der Waals surface area contributed by atoms with Crippen molar-refractivity contribution in [2.75, 3.05) is 12.3 Å². The summed E-state index contributed by atoms with van der Waals surface area (Å²) >= 11 is 7.09. The van der Waals surface area contributed by atoms with Gasteiger partial charge in [0.2, 0.25) is 5.91 Å². The summed E-state index contributed by atoms with van der Waals surface area (Å²) in [6, 6.07) is 5.08. The topological polar surface area (TPSA) is 106 Å². The number of hydrogen-bond donors (Lipinski definition) is 3. The van der Waals surface area contributed by atoms with Gasteiger partial charge < -0.3 is 10.5 Å². The van der Waals surface area contributed by atoms with Gasteiger partial charge in [-0.2, -0.15) is 0 Å². The maximum absolute atomic E-state index is 11.6. The Labute approximate surface area is 141 Å². The number of halogens is 1. The number of hydrogen-bond acceptors (Lipinski definition) is 6. The number of hydrazine groups is 1. The largest absolute Gasteiger partial charge is 0.483 e. The first-order valence-corrected chi connectivity index (χ1v) is 7.86. The van der Waals surface area contributed by atoms with Crippen LogP contribution in [0, 0.1) is 6.92 Å². The number of nitrogens with one attached hydrogen (secondary N) is 2. The number of carbonyl (C=O) groups excluding carboxylic acids is 2. The highest BCUT2D eigenvalue weighted by molar-refractivity contribution is 7.13. The molecule has 2 aromatic rings. The molecule has 1 aromatic heterocycles. The van der Waals surface area contributed by atoms with E-state index in [1.165, 1.54) is 11.3 Å². The molecule has 1 aromatic carbocycles. The monoisotopic (exact) mass is 354 g/mol. The second-order valence-corrected chi connectivity index (χ2v) is 5.97. The highest BCUT2D eigenvalue weighted by Gasteiger charge is 2.09. The smallest absolute Gasteiger partial charge is 0.276 e. The summed E-state index contributed by atoms with van der Waals surface area (Å²) in [6.45, 7) is 1.59. The highest BCUT2D eigenvalue weighted by Crippen LogP contribution is 2.21. The molecule has 2 amide bonds. The van der Waals surface area contributed by atoms with Crippen LogP contribution in [-0.4, -0.2) is 23.4 Å². The van der Waals surface area contributed by atoms with Gasteiger partial charge in [0, 0.05) is 10.4 Å². The number of ether oxygens (including phenoxy) is 1. The highest BCUT2D eigenvalue weighted by atomic mass is 35.5. The average molecular weight is 355 g/mol. The van der Waals surface area contributed by atoms with Crippen LogP contribution in [-0.2, 0) is 16.0 Å². The molecule has 2 rings (SSSR count). The fourth-order valence-electron chi connectivity index (χ4n) is 1.71. The molecule has 0 saturated carbocycles. The Hall–Kier alpha value is -2.32. The number of aromatic nitrogens is 1. The standard InChI is InChI=1S/C14H15ClN4O3S/c1-8-4-9(15)2-3-11(8)22-6-13(21)19-18-12(20)5-10-7-23-14(16)17-10/h2-4,7H,5-6H2,1H3,(H2,16,17)(H,18,20)(H,19,21). The van der Waals surface area contributed by atoms with Crippen molar-refractivity contribution in [2.45, 2.75) is 13.3 Å². The zero-order valence-corrected chi connectivity index (χ0v) is 13.8. The van der Waals surface area contributed by atoms with Crippen molar-refractivity contribution in [3.8, 4) is 5.75 Å². The minimum atomic E-state index is -0.481. The van der Waals surface area contributed by atoms with Crippen molar-refractivity contribution in [2.24, 2.45) is 0 Å². The van der Waals surface area contributed by atoms with Crippen LogP contribution in [0.3, 0.4) is 0 Å². The van der Waals surface area contributed by atoms with Gasteiger partial charge in [-0.05, 0) is 30.7 Å². The van der Waals surface area contributed by atoms with Crippen molar-refractivity contribution in [1.29, 1.82) is 0 Å². The van der Waals surface area contributed by atoms with Crippen molar-refractivity contribution < 1.29 is 14.3 Å². The molecule has 0 aliphatic rings. The van der Waals surface area contributed by atoms with Gasteiger partial charge in [0.1, 0.15) is 5.75 Å². The third-order valence-electron chi connectivity index (χ3n) is 2.75. The molecule has 0 aliphatic carbocycles. The summed E-state index contributed by atoms with van der Waals surface area (Å²) in [4.78, 5) is 27.2. The Bertz CT molecular complexity index is 720. The number of nitrogens with two attached hydrogens (primary N) is 1. The number of amides is 2. The SMILES string of the molecule is Cc1cc(Cl)ccc1OCC(=O)NNC(=O)Cc1csc(N)n1. The minimum absolute atomic E-state index is 0.0329. The summed E-state index contributed by atoms with van der Waals surface area (Å²) in [6.07, 6.45) is 0.0329. The van der Waals surface area contributed by atoms with Crippen LogP contribution < -0.4 is 21.3 Å². The molecule has 0 aliphatic heterocycles. The van der Waals surface area contributed by atoms with Crippen LogP contribution in [0.2, 0.25) is 5.02 Å². The first kappa shape index (κ1) is 17.0. The Morgan fingerprint density at radius 1 is 1.35 bits per heavy atom. The molecule has 0 radical (unpaired) electrons. The fraction of sp³-hybridized carbons (Fsp3) is 0.214. The number of anilines is 1.